The molecule has 31 heavy (non-hydrogen) atoms. The normalized spacial score (nSPS) is 17.9. The number of nitrogens with zero attached hydrogens (tertiary/aromatic N) is 3. The lowest BCUT2D eigenvalue weighted by molar-refractivity contribution is -0.385. The number of piperidine rings is 1. The molecule has 0 spiro atoms. The maximum absolute atomic E-state index is 11.9. The van der Waals surface area contributed by atoms with Gasteiger partial charge in [0.1, 0.15) is 12.1 Å². The first kappa shape index (κ1) is 21.0. The van der Waals surface area contributed by atoms with E-state index < -0.39 is 4.92 Å². The van der Waals surface area contributed by atoms with Crippen molar-refractivity contribution < 1.29 is 9.66 Å². The van der Waals surface area contributed by atoms with Crippen LogP contribution in [0.15, 0.2) is 48.8 Å². The van der Waals surface area contributed by atoms with Gasteiger partial charge in [-0.2, -0.15) is 4.98 Å². The smallest absolute Gasteiger partial charge is 0.373 e. The van der Waals surface area contributed by atoms with Gasteiger partial charge in [0.25, 0.3) is 0 Å². The van der Waals surface area contributed by atoms with Gasteiger partial charge in [-0.15, -0.1) is 0 Å². The summed E-state index contributed by atoms with van der Waals surface area (Å²) in [5.74, 6) is 0.579. The molecule has 0 atom stereocenters. The van der Waals surface area contributed by atoms with Crippen LogP contribution in [0.2, 0.25) is 0 Å². The second kappa shape index (κ2) is 7.77. The highest BCUT2D eigenvalue weighted by Gasteiger charge is 2.39. The van der Waals surface area contributed by atoms with Gasteiger partial charge in [0.2, 0.25) is 5.82 Å². The van der Waals surface area contributed by atoms with Crippen molar-refractivity contribution in [3.63, 3.8) is 0 Å². The largest absolute Gasteiger partial charge is 0.434 e. The Labute approximate surface area is 181 Å². The summed E-state index contributed by atoms with van der Waals surface area (Å²) in [4.78, 5) is 19.7. The zero-order chi connectivity index (χ0) is 22.2. The van der Waals surface area contributed by atoms with Crippen molar-refractivity contribution in [1.82, 2.24) is 15.3 Å². The highest BCUT2D eigenvalue weighted by Crippen LogP contribution is 2.37. The van der Waals surface area contributed by atoms with Crippen molar-refractivity contribution in [1.29, 1.82) is 0 Å². The average molecular weight is 422 g/mol. The summed E-state index contributed by atoms with van der Waals surface area (Å²) in [6.07, 6.45) is 2.90. The van der Waals surface area contributed by atoms with E-state index >= 15 is 0 Å². The van der Waals surface area contributed by atoms with Gasteiger partial charge in [-0.1, -0.05) is 30.3 Å². The number of nitrogens with one attached hydrogen (secondary N) is 2. The molecule has 2 heterocycles. The summed E-state index contributed by atoms with van der Waals surface area (Å²) in [5.41, 5.74) is -0.470. The van der Waals surface area contributed by atoms with E-state index in [4.69, 9.17) is 4.74 Å². The number of rotatable bonds is 5. The van der Waals surface area contributed by atoms with Gasteiger partial charge in [0.15, 0.2) is 0 Å². The number of ether oxygens (including phenoxy) is 1. The quantitative estimate of drug-likeness (QED) is 0.439. The molecule has 0 amide bonds. The molecule has 162 valence electrons. The Morgan fingerprint density at radius 2 is 1.74 bits per heavy atom. The second-order valence-corrected chi connectivity index (χ2v) is 9.39. The van der Waals surface area contributed by atoms with Gasteiger partial charge in [-0.25, -0.2) is 4.98 Å². The maximum Gasteiger partial charge on any atom is 0.373 e. The fourth-order valence-corrected chi connectivity index (χ4v) is 4.67. The van der Waals surface area contributed by atoms with E-state index in [1.54, 1.807) is 6.07 Å². The molecule has 0 saturated carbocycles. The first-order chi connectivity index (χ1) is 14.6. The molecular weight excluding hydrogens is 394 g/mol. The molecule has 0 aliphatic carbocycles. The minimum absolute atomic E-state index is 0.0216. The number of anilines is 1. The van der Waals surface area contributed by atoms with Crippen molar-refractivity contribution >= 4 is 22.3 Å². The predicted octanol–water partition coefficient (Wildman–Crippen LogP) is 5.05. The number of hydrogen-bond acceptors (Lipinski definition) is 7. The van der Waals surface area contributed by atoms with E-state index in [-0.39, 0.29) is 34.5 Å². The topological polar surface area (TPSA) is 102 Å². The Hall–Kier alpha value is -3.26. The maximum atomic E-state index is 11.9. The van der Waals surface area contributed by atoms with Crippen LogP contribution in [0.5, 0.6) is 11.6 Å². The Bertz CT molecular complexity index is 1110. The summed E-state index contributed by atoms with van der Waals surface area (Å²) < 4.78 is 5.85. The van der Waals surface area contributed by atoms with E-state index in [1.807, 2.05) is 36.4 Å². The fourth-order valence-electron chi connectivity index (χ4n) is 4.67. The Balaban J connectivity index is 1.64. The number of nitro groups is 1. The third kappa shape index (κ3) is 4.74. The Kier molecular flexibility index (Phi) is 5.26. The number of fused-ring (bicyclic) bond motifs is 1. The van der Waals surface area contributed by atoms with Crippen LogP contribution in [0.1, 0.15) is 40.5 Å². The van der Waals surface area contributed by atoms with Crippen LogP contribution in [0.4, 0.5) is 11.5 Å². The molecule has 0 bridgehead atoms. The van der Waals surface area contributed by atoms with Crippen LogP contribution in [0, 0.1) is 10.1 Å². The van der Waals surface area contributed by atoms with Crippen LogP contribution >= 0.6 is 0 Å². The van der Waals surface area contributed by atoms with E-state index in [1.165, 1.54) is 6.33 Å². The molecule has 8 heteroatoms. The second-order valence-electron chi connectivity index (χ2n) is 9.39. The van der Waals surface area contributed by atoms with E-state index in [0.29, 0.717) is 5.75 Å². The molecule has 1 aliphatic heterocycles. The van der Waals surface area contributed by atoms with Gasteiger partial charge in [0, 0.05) is 17.1 Å². The molecule has 1 saturated heterocycles. The molecule has 0 radical (unpaired) electrons. The van der Waals surface area contributed by atoms with Crippen LogP contribution in [0.3, 0.4) is 0 Å². The Morgan fingerprint density at radius 3 is 2.42 bits per heavy atom. The number of hydrogen-bond donors (Lipinski definition) is 2. The highest BCUT2D eigenvalue weighted by molar-refractivity contribution is 5.83. The number of benzene rings is 2. The molecule has 0 unspecified atom stereocenters. The summed E-state index contributed by atoms with van der Waals surface area (Å²) in [6.45, 7) is 8.52. The Morgan fingerprint density at radius 1 is 1.06 bits per heavy atom. The fraction of sp³-hybridized carbons (Fsp3) is 0.391. The van der Waals surface area contributed by atoms with Crippen molar-refractivity contribution in [3.8, 4) is 11.6 Å². The zero-order valence-corrected chi connectivity index (χ0v) is 18.2. The van der Waals surface area contributed by atoms with Gasteiger partial charge >= 0.3 is 11.6 Å². The van der Waals surface area contributed by atoms with Gasteiger partial charge in [-0.05, 0) is 63.4 Å². The highest BCUT2D eigenvalue weighted by atomic mass is 16.6. The van der Waals surface area contributed by atoms with E-state index in [9.17, 15) is 10.1 Å². The van der Waals surface area contributed by atoms with Crippen LogP contribution in [0.25, 0.3) is 10.8 Å². The van der Waals surface area contributed by atoms with Crippen molar-refractivity contribution in [2.45, 2.75) is 57.7 Å². The molecule has 1 aliphatic rings. The molecule has 1 aromatic heterocycles. The van der Waals surface area contributed by atoms with Gasteiger partial charge in [0.05, 0.1) is 4.92 Å². The van der Waals surface area contributed by atoms with E-state index in [0.717, 1.165) is 23.6 Å². The third-order valence-corrected chi connectivity index (χ3v) is 5.44. The molecular formula is C23H27N5O3. The molecule has 4 rings (SSSR count). The molecule has 2 aromatic carbocycles. The summed E-state index contributed by atoms with van der Waals surface area (Å²) >= 11 is 0. The standard InChI is InChI=1S/C23H27N5O3/c1-22(2)12-17(13-23(3,4)27-22)26-20-19(28(29)30)21(25-14-24-20)31-18-10-9-15-7-5-6-8-16(15)11-18/h5-11,14,17,27H,12-13H2,1-4H3,(H,24,25,26). The summed E-state index contributed by atoms with van der Waals surface area (Å²) in [7, 11) is 0. The molecule has 1 fully saturated rings. The lowest BCUT2D eigenvalue weighted by atomic mass is 9.79. The predicted molar refractivity (Wildman–Crippen MR) is 121 cm³/mol. The molecule has 3 aromatic rings. The summed E-state index contributed by atoms with van der Waals surface area (Å²) in [6, 6.07) is 13.4. The van der Waals surface area contributed by atoms with E-state index in [2.05, 4.69) is 48.3 Å². The van der Waals surface area contributed by atoms with Crippen molar-refractivity contribution in [2.75, 3.05) is 5.32 Å². The van der Waals surface area contributed by atoms with Crippen LogP contribution in [-0.2, 0) is 0 Å². The van der Waals surface area contributed by atoms with Crippen molar-refractivity contribution in [2.24, 2.45) is 0 Å². The SMILES string of the molecule is CC1(C)CC(Nc2ncnc(Oc3ccc4ccccc4c3)c2[N+](=O)[O-])CC(C)(C)N1. The first-order valence-electron chi connectivity index (χ1n) is 10.3. The lowest BCUT2D eigenvalue weighted by Crippen LogP contribution is -2.60. The number of aromatic nitrogens is 2. The minimum atomic E-state index is -0.490. The van der Waals surface area contributed by atoms with Crippen molar-refractivity contribution in [3.05, 3.63) is 58.9 Å². The lowest BCUT2D eigenvalue weighted by Gasteiger charge is -2.46. The van der Waals surface area contributed by atoms with Gasteiger partial charge in [-0.3, -0.25) is 10.1 Å². The van der Waals surface area contributed by atoms with Crippen LogP contribution < -0.4 is 15.4 Å². The van der Waals surface area contributed by atoms with Crippen LogP contribution in [-0.4, -0.2) is 32.0 Å². The first-order valence-corrected chi connectivity index (χ1v) is 10.3. The zero-order valence-electron chi connectivity index (χ0n) is 18.2. The molecule has 2 N–H and O–H groups in total. The third-order valence-electron chi connectivity index (χ3n) is 5.44. The molecule has 8 nitrogen and oxygen atoms in total. The minimum Gasteiger partial charge on any atom is -0.434 e. The monoisotopic (exact) mass is 421 g/mol. The van der Waals surface area contributed by atoms with Gasteiger partial charge < -0.3 is 15.4 Å². The summed E-state index contributed by atoms with van der Waals surface area (Å²) in [5, 5.41) is 20.9. The average Bonchev–Trinajstić information content (AvgIpc) is 2.65.